The summed E-state index contributed by atoms with van der Waals surface area (Å²) in [5.41, 5.74) is 7.90. The Bertz CT molecular complexity index is 1660. The molecule has 9 nitrogen and oxygen atoms in total. The maximum Gasteiger partial charge on any atom is 0.433 e. The maximum atomic E-state index is 14.8. The molecule has 0 bridgehead atoms. The molecule has 1 aliphatic carbocycles. The molecule has 0 aliphatic heterocycles. The minimum Gasteiger partial charge on any atom is -0.463 e. The molecule has 4 aromatic rings. The third-order valence-corrected chi connectivity index (χ3v) is 7.39. The Morgan fingerprint density at radius 1 is 1.23 bits per heavy atom. The van der Waals surface area contributed by atoms with Crippen LogP contribution in [0.25, 0.3) is 22.3 Å². The number of nitrogens with two attached hydrogens (primary N) is 1. The molecule has 1 aliphatic rings. The number of aromatic nitrogens is 4. The van der Waals surface area contributed by atoms with Crippen LogP contribution in [-0.4, -0.2) is 41.7 Å². The monoisotopic (exact) mass is 560 g/mol. The number of rotatable bonds is 6. The van der Waals surface area contributed by atoms with Gasteiger partial charge in [0.2, 0.25) is 0 Å². The number of aliphatic hydroxyl groups is 1. The van der Waals surface area contributed by atoms with E-state index in [9.17, 15) is 14.3 Å². The van der Waals surface area contributed by atoms with Crippen LogP contribution in [0.1, 0.15) is 48.9 Å². The lowest BCUT2D eigenvalue weighted by molar-refractivity contribution is 0.194. The van der Waals surface area contributed by atoms with E-state index < -0.39 is 18.0 Å². The van der Waals surface area contributed by atoms with E-state index >= 15 is 0 Å². The maximum absolute atomic E-state index is 14.8. The average Bonchev–Trinajstić information content (AvgIpc) is 3.30. The third kappa shape index (κ3) is 5.52. The number of hydrogen-bond acceptors (Lipinski definition) is 5. The Labute approximate surface area is 234 Å². The number of terminal acetylenes is 1. The predicted molar refractivity (Wildman–Crippen MR) is 149 cm³/mol. The lowest BCUT2D eigenvalue weighted by Crippen LogP contribution is -2.21. The minimum absolute atomic E-state index is 0.0657. The van der Waals surface area contributed by atoms with Crippen LogP contribution in [0.15, 0.2) is 53.8 Å². The molecule has 5 rings (SSSR count). The van der Waals surface area contributed by atoms with Gasteiger partial charge in [0.15, 0.2) is 5.84 Å². The van der Waals surface area contributed by atoms with Gasteiger partial charge in [-0.25, -0.2) is 19.2 Å². The van der Waals surface area contributed by atoms with Gasteiger partial charge in [-0.3, -0.25) is 4.98 Å². The van der Waals surface area contributed by atoms with Crippen molar-refractivity contribution in [1.29, 1.82) is 0 Å². The number of benzene rings is 1. The quantitative estimate of drug-likeness (QED) is 0.167. The van der Waals surface area contributed by atoms with Crippen molar-refractivity contribution in [1.82, 2.24) is 19.5 Å². The summed E-state index contributed by atoms with van der Waals surface area (Å²) in [6, 6.07) is 9.13. The molecule has 0 spiro atoms. The molecule has 1 aromatic carbocycles. The van der Waals surface area contributed by atoms with Crippen molar-refractivity contribution in [3.63, 3.8) is 0 Å². The molecule has 0 radical (unpaired) electrons. The van der Waals surface area contributed by atoms with Gasteiger partial charge >= 0.3 is 6.09 Å². The van der Waals surface area contributed by atoms with Gasteiger partial charge in [-0.15, -0.1) is 12.3 Å². The number of aliphatic imine (C=N–C) groups is 1. The molecular formula is C29H26ClFN6O3. The number of amides is 1. The zero-order valence-corrected chi connectivity index (χ0v) is 22.1. The van der Waals surface area contributed by atoms with Crippen molar-refractivity contribution in [2.45, 2.75) is 38.3 Å². The summed E-state index contributed by atoms with van der Waals surface area (Å²) in [5.74, 6) is 2.60. The van der Waals surface area contributed by atoms with Crippen LogP contribution in [0.2, 0.25) is 5.02 Å². The smallest absolute Gasteiger partial charge is 0.433 e. The van der Waals surface area contributed by atoms with Crippen molar-refractivity contribution >= 4 is 34.6 Å². The zero-order chi connectivity index (χ0) is 28.4. The van der Waals surface area contributed by atoms with Crippen molar-refractivity contribution in [3.8, 4) is 23.6 Å². The van der Waals surface area contributed by atoms with E-state index in [0.717, 1.165) is 25.7 Å². The van der Waals surface area contributed by atoms with Gasteiger partial charge in [0.05, 0.1) is 21.7 Å². The molecule has 1 unspecified atom stereocenters. The third-order valence-electron chi connectivity index (χ3n) is 7.18. The number of pyridine rings is 2. The number of carbonyl (C=O) groups is 1. The van der Waals surface area contributed by atoms with Gasteiger partial charge in [-0.2, -0.15) is 4.99 Å². The van der Waals surface area contributed by atoms with Crippen LogP contribution >= 0.6 is 11.6 Å². The molecule has 1 saturated carbocycles. The van der Waals surface area contributed by atoms with Crippen LogP contribution in [0.4, 0.5) is 9.18 Å². The number of hydrogen-bond donors (Lipinski definition) is 3. The van der Waals surface area contributed by atoms with Gasteiger partial charge in [-0.1, -0.05) is 29.8 Å². The molecule has 4 N–H and O–H groups in total. The van der Waals surface area contributed by atoms with E-state index in [-0.39, 0.29) is 34.8 Å². The fraction of sp³-hybridized carbons (Fsp3) is 0.276. The summed E-state index contributed by atoms with van der Waals surface area (Å²) < 4.78 is 16.6. The summed E-state index contributed by atoms with van der Waals surface area (Å²) in [6.45, 7) is 0.468. The highest BCUT2D eigenvalue weighted by molar-refractivity contribution is 6.30. The van der Waals surface area contributed by atoms with Gasteiger partial charge in [0.1, 0.15) is 23.4 Å². The molecule has 1 amide bonds. The Balaban J connectivity index is 1.75. The number of imidazole rings is 1. The molecule has 11 heteroatoms. The van der Waals surface area contributed by atoms with Crippen LogP contribution in [0, 0.1) is 30.0 Å². The second-order valence-electron chi connectivity index (χ2n) is 9.78. The number of aliphatic hydroxyl groups excluding tert-OH is 1. The molecule has 0 saturated heterocycles. The summed E-state index contributed by atoms with van der Waals surface area (Å²) in [4.78, 5) is 28.2. The molecule has 1 fully saturated rings. The first-order chi connectivity index (χ1) is 19.2. The largest absolute Gasteiger partial charge is 0.463 e. The summed E-state index contributed by atoms with van der Waals surface area (Å²) >= 11 is 6.26. The van der Waals surface area contributed by atoms with E-state index in [2.05, 4.69) is 20.9 Å². The van der Waals surface area contributed by atoms with Crippen LogP contribution in [0.3, 0.4) is 0 Å². The summed E-state index contributed by atoms with van der Waals surface area (Å²) in [5, 5.41) is 20.9. The fourth-order valence-corrected chi connectivity index (χ4v) is 5.38. The minimum atomic E-state index is -1.48. The zero-order valence-electron chi connectivity index (χ0n) is 21.3. The van der Waals surface area contributed by atoms with Crippen molar-refractivity contribution in [2.75, 3.05) is 0 Å². The Kier molecular flexibility index (Phi) is 7.78. The molecule has 1 atom stereocenters. The topological polar surface area (TPSA) is 140 Å². The standard InChI is InChI=1S/C29H26ClFN6O3/c1-2-16-7-9-17(10-8-16)15-37-25-22(35-28(37)26(38)20-5-3-4-6-21(20)31)12-23(27(32)36-29(39)40)34-24(25)18-11-19(30)14-33-13-18/h1,3-6,11-14,16-17,26,38H,7-10,15H2,(H2,32,36)(H,39,40). The van der Waals surface area contributed by atoms with E-state index in [0.29, 0.717) is 33.9 Å². The lowest BCUT2D eigenvalue weighted by Gasteiger charge is -2.27. The van der Waals surface area contributed by atoms with Gasteiger partial charge in [0.25, 0.3) is 0 Å². The first kappa shape index (κ1) is 27.2. The van der Waals surface area contributed by atoms with Crippen LogP contribution in [0.5, 0.6) is 0 Å². The second-order valence-corrected chi connectivity index (χ2v) is 10.2. The Morgan fingerprint density at radius 2 is 1.98 bits per heavy atom. The normalized spacial score (nSPS) is 18.4. The summed E-state index contributed by atoms with van der Waals surface area (Å²) in [7, 11) is 0. The number of fused-ring (bicyclic) bond motifs is 1. The molecule has 3 heterocycles. The van der Waals surface area contributed by atoms with Gasteiger partial charge < -0.3 is 20.5 Å². The van der Waals surface area contributed by atoms with Gasteiger partial charge in [-0.05, 0) is 49.8 Å². The van der Waals surface area contributed by atoms with Gasteiger partial charge in [0, 0.05) is 36.0 Å². The first-order valence-corrected chi connectivity index (χ1v) is 13.1. The van der Waals surface area contributed by atoms with E-state index in [1.54, 1.807) is 24.4 Å². The SMILES string of the molecule is C#CC1CCC(Cn2c(C(O)c3ccccc3F)nc3cc(C(N)=NC(=O)O)nc(-c4cncc(Cl)c4)c32)CC1. The highest BCUT2D eigenvalue weighted by atomic mass is 35.5. The second kappa shape index (κ2) is 11.4. The van der Waals surface area contributed by atoms with E-state index in [1.165, 1.54) is 24.4 Å². The van der Waals surface area contributed by atoms with E-state index in [1.807, 2.05) is 4.57 Å². The average molecular weight is 561 g/mol. The van der Waals surface area contributed by atoms with E-state index in [4.69, 9.17) is 33.8 Å². The Morgan fingerprint density at radius 3 is 2.65 bits per heavy atom. The van der Waals surface area contributed by atoms with Crippen molar-refractivity contribution in [2.24, 2.45) is 22.6 Å². The number of nitrogens with zero attached hydrogens (tertiary/aromatic N) is 5. The molecule has 3 aromatic heterocycles. The molecular weight excluding hydrogens is 535 g/mol. The van der Waals surface area contributed by atoms with Crippen LogP contribution < -0.4 is 5.73 Å². The predicted octanol–water partition coefficient (Wildman–Crippen LogP) is 5.19. The highest BCUT2D eigenvalue weighted by Gasteiger charge is 2.28. The molecule has 204 valence electrons. The number of amidine groups is 1. The molecule has 40 heavy (non-hydrogen) atoms. The first-order valence-electron chi connectivity index (χ1n) is 12.7. The Hall–Kier alpha value is -4.33. The number of halogens is 2. The van der Waals surface area contributed by atoms with Crippen molar-refractivity contribution < 1.29 is 19.4 Å². The van der Waals surface area contributed by atoms with Crippen LogP contribution in [-0.2, 0) is 6.54 Å². The number of carboxylic acid groups (broad SMARTS) is 1. The highest BCUT2D eigenvalue weighted by Crippen LogP contribution is 2.36. The summed E-state index contributed by atoms with van der Waals surface area (Å²) in [6.07, 6.45) is 9.33. The lowest BCUT2D eigenvalue weighted by atomic mass is 9.82. The fourth-order valence-electron chi connectivity index (χ4n) is 5.21. The van der Waals surface area contributed by atoms with Crippen molar-refractivity contribution in [3.05, 3.63) is 76.7 Å².